The second-order valence-corrected chi connectivity index (χ2v) is 16.9. The largest absolute Gasteiger partial charge is 0.459 e. The average molecular weight is 882 g/mol. The molecule has 0 bridgehead atoms. The number of hydrogen-bond donors (Lipinski definition) is 2. The summed E-state index contributed by atoms with van der Waals surface area (Å²) in [7, 11) is 1.63. The molecule has 0 unspecified atom stereocenters. The number of fused-ring (bicyclic) bond motifs is 3. The number of aliphatic hydroxyl groups excluding tert-OH is 2. The maximum absolute atomic E-state index is 14.3. The zero-order valence-electron chi connectivity index (χ0n) is 36.5. The van der Waals surface area contributed by atoms with Gasteiger partial charge in [-0.25, -0.2) is 4.79 Å². The first-order valence-corrected chi connectivity index (χ1v) is 22.3. The number of hydrogen-bond acceptors (Lipinski definition) is 11. The molecule has 0 radical (unpaired) electrons. The number of benzene rings is 5. The Morgan fingerprint density at radius 3 is 2.32 bits per heavy atom. The van der Waals surface area contributed by atoms with E-state index < -0.39 is 28.8 Å². The monoisotopic (exact) mass is 881 g/mol. The van der Waals surface area contributed by atoms with E-state index in [0.717, 1.165) is 53.2 Å². The van der Waals surface area contributed by atoms with Gasteiger partial charge in [-0.2, -0.15) is 0 Å². The predicted molar refractivity (Wildman–Crippen MR) is 247 cm³/mol. The Morgan fingerprint density at radius 1 is 0.892 bits per heavy atom. The van der Waals surface area contributed by atoms with Gasteiger partial charge in [0.05, 0.1) is 23.2 Å². The predicted octanol–water partition coefficient (Wildman–Crippen LogP) is 10.5. The summed E-state index contributed by atoms with van der Waals surface area (Å²) in [5.74, 6) is -0.284. The normalized spacial score (nSPS) is 22.5. The Hall–Kier alpha value is -6.54. The maximum atomic E-state index is 14.3. The number of nitro benzene ring substituents is 1. The molecular weight excluding hydrogens is 827 g/mol. The van der Waals surface area contributed by atoms with E-state index in [1.165, 1.54) is 29.2 Å². The minimum Gasteiger partial charge on any atom is -0.459 e. The van der Waals surface area contributed by atoms with Crippen LogP contribution in [0.15, 0.2) is 145 Å². The number of non-ortho nitro benzene ring substituents is 1. The van der Waals surface area contributed by atoms with Gasteiger partial charge in [-0.15, -0.1) is 6.58 Å². The number of carbonyl (C=O) groups excluding carboxylic acids is 1. The summed E-state index contributed by atoms with van der Waals surface area (Å²) >= 11 is 0. The summed E-state index contributed by atoms with van der Waals surface area (Å²) in [6.07, 6.45) is 7.76. The van der Waals surface area contributed by atoms with Gasteiger partial charge in [-0.05, 0) is 102 Å². The highest BCUT2D eigenvalue weighted by Gasteiger charge is 2.65. The van der Waals surface area contributed by atoms with Gasteiger partial charge in [-0.3, -0.25) is 10.1 Å². The third kappa shape index (κ3) is 9.78. The van der Waals surface area contributed by atoms with Crippen LogP contribution in [0.25, 0.3) is 10.8 Å². The molecule has 1 saturated carbocycles. The Kier molecular flexibility index (Phi) is 14.2. The zero-order valence-corrected chi connectivity index (χ0v) is 36.5. The summed E-state index contributed by atoms with van der Waals surface area (Å²) in [4.78, 5) is 32.8. The lowest BCUT2D eigenvalue weighted by Crippen LogP contribution is -2.69. The second kappa shape index (κ2) is 20.5. The smallest absolute Gasteiger partial charge is 0.415 e. The minimum atomic E-state index is -1.51. The van der Waals surface area contributed by atoms with Crippen molar-refractivity contribution in [3.63, 3.8) is 0 Å². The number of ether oxygens (including phenoxy) is 4. The van der Waals surface area contributed by atoms with Crippen LogP contribution in [0.4, 0.5) is 10.5 Å². The molecule has 2 aliphatic carbocycles. The Morgan fingerprint density at radius 2 is 1.58 bits per heavy atom. The van der Waals surface area contributed by atoms with Crippen molar-refractivity contribution in [1.29, 1.82) is 0 Å². The fourth-order valence-corrected chi connectivity index (χ4v) is 9.85. The highest BCUT2D eigenvalue weighted by molar-refractivity contribution is 6.03. The van der Waals surface area contributed by atoms with Gasteiger partial charge in [0, 0.05) is 50.3 Å². The van der Waals surface area contributed by atoms with E-state index in [4.69, 9.17) is 28.9 Å². The summed E-state index contributed by atoms with van der Waals surface area (Å²) in [6.45, 7) is 4.44. The van der Waals surface area contributed by atoms with Gasteiger partial charge in [0.25, 0.3) is 5.69 Å². The lowest BCUT2D eigenvalue weighted by atomic mass is 9.55. The molecule has 1 aliphatic heterocycles. The van der Waals surface area contributed by atoms with Crippen LogP contribution in [0.3, 0.4) is 0 Å². The van der Waals surface area contributed by atoms with Gasteiger partial charge in [0.1, 0.15) is 35.6 Å². The lowest BCUT2D eigenvalue weighted by molar-refractivity contribution is -0.384. The molecule has 3 aliphatic rings. The molecule has 0 saturated heterocycles. The molecule has 5 aromatic rings. The first kappa shape index (κ1) is 45.0. The second-order valence-electron chi connectivity index (χ2n) is 16.9. The van der Waals surface area contributed by atoms with Gasteiger partial charge in [0.15, 0.2) is 0 Å². The van der Waals surface area contributed by atoms with Crippen molar-refractivity contribution < 1.29 is 43.7 Å². The molecule has 5 aromatic carbocycles. The Balaban J connectivity index is 1.27. The highest BCUT2D eigenvalue weighted by Crippen LogP contribution is 2.62. The van der Waals surface area contributed by atoms with Crippen molar-refractivity contribution >= 4 is 28.3 Å². The number of aliphatic hydroxyl groups is 2. The van der Waals surface area contributed by atoms with E-state index in [1.807, 2.05) is 72.8 Å². The number of carbonyl (C=O) groups is 1. The summed E-state index contributed by atoms with van der Waals surface area (Å²) in [6, 6.07) is 34.2. The number of nitrogens with zero attached hydrogens (tertiary/aromatic N) is 3. The van der Waals surface area contributed by atoms with Crippen LogP contribution in [-0.4, -0.2) is 70.5 Å². The molecule has 1 fully saturated rings. The molecule has 338 valence electrons. The first-order valence-electron chi connectivity index (χ1n) is 22.3. The van der Waals surface area contributed by atoms with Crippen LogP contribution in [0.1, 0.15) is 62.0 Å². The molecular formula is C52H55N3O10. The third-order valence-corrected chi connectivity index (χ3v) is 12.9. The SMILES string of the molecule is C=CCO[C@@]12Oc3ccc(Oc4ccc5ccccc5c4)cc3[C@H]3[C@H](CCCCO)[C@@H](CCCCO)C=C(C(=NOCc4ccccc4)C[C@@H]1N(C)C(=O)Oc1ccc([N+](=O)[O-])cc1)[C@H]32. The van der Waals surface area contributed by atoms with Crippen molar-refractivity contribution in [2.45, 2.75) is 69.3 Å². The fourth-order valence-electron chi connectivity index (χ4n) is 9.85. The molecule has 6 atom stereocenters. The summed E-state index contributed by atoms with van der Waals surface area (Å²) in [5.41, 5.74) is 3.24. The van der Waals surface area contributed by atoms with Crippen molar-refractivity contribution in [2.24, 2.45) is 22.9 Å². The fraction of sp³-hybridized carbons (Fsp3) is 0.346. The van der Waals surface area contributed by atoms with Gasteiger partial charge >= 0.3 is 6.09 Å². The van der Waals surface area contributed by atoms with Crippen LogP contribution in [-0.2, 0) is 16.2 Å². The minimum absolute atomic E-state index is 0.00173. The highest BCUT2D eigenvalue weighted by atomic mass is 16.7. The van der Waals surface area contributed by atoms with Gasteiger partial charge in [0.2, 0.25) is 5.79 Å². The van der Waals surface area contributed by atoms with E-state index >= 15 is 0 Å². The number of nitro groups is 1. The van der Waals surface area contributed by atoms with Crippen LogP contribution >= 0.6 is 0 Å². The van der Waals surface area contributed by atoms with Crippen molar-refractivity contribution in [3.05, 3.63) is 161 Å². The van der Waals surface area contributed by atoms with Crippen molar-refractivity contribution in [2.75, 3.05) is 26.9 Å². The van der Waals surface area contributed by atoms with E-state index in [2.05, 4.69) is 30.9 Å². The van der Waals surface area contributed by atoms with Crippen LogP contribution in [0.2, 0.25) is 0 Å². The van der Waals surface area contributed by atoms with Crippen LogP contribution < -0.4 is 14.2 Å². The zero-order chi connectivity index (χ0) is 45.3. The summed E-state index contributed by atoms with van der Waals surface area (Å²) in [5, 5.41) is 38.3. The molecule has 65 heavy (non-hydrogen) atoms. The Labute approximate surface area is 378 Å². The van der Waals surface area contributed by atoms with Crippen molar-refractivity contribution in [3.8, 4) is 23.0 Å². The number of likely N-dealkylation sites (N-methyl/N-ethyl adjacent to an activating group) is 1. The number of amides is 1. The van der Waals surface area contributed by atoms with Crippen LogP contribution in [0.5, 0.6) is 23.0 Å². The average Bonchev–Trinajstić information content (AvgIpc) is 3.32. The molecule has 0 spiro atoms. The number of unbranched alkanes of at least 4 members (excludes halogenated alkanes) is 2. The van der Waals surface area contributed by atoms with Gasteiger partial charge in [-0.1, -0.05) is 90.8 Å². The quantitative estimate of drug-likeness (QED) is 0.0353. The molecule has 1 amide bonds. The van der Waals surface area contributed by atoms with E-state index in [1.54, 1.807) is 13.1 Å². The molecule has 13 heteroatoms. The van der Waals surface area contributed by atoms with E-state index in [0.29, 0.717) is 35.8 Å². The van der Waals surface area contributed by atoms with Gasteiger partial charge < -0.3 is 38.9 Å². The first-order chi connectivity index (χ1) is 31.7. The summed E-state index contributed by atoms with van der Waals surface area (Å²) < 4.78 is 26.7. The third-order valence-electron chi connectivity index (χ3n) is 12.9. The Bertz CT molecular complexity index is 2530. The molecule has 8 rings (SSSR count). The number of rotatable bonds is 19. The topological polar surface area (TPSA) is 162 Å². The molecule has 2 N–H and O–H groups in total. The molecule has 0 aromatic heterocycles. The molecule has 13 nitrogen and oxygen atoms in total. The van der Waals surface area contributed by atoms with E-state index in [-0.39, 0.29) is 62.0 Å². The number of allylic oxidation sites excluding steroid dienone is 1. The molecule has 1 heterocycles. The van der Waals surface area contributed by atoms with E-state index in [9.17, 15) is 25.1 Å². The van der Waals surface area contributed by atoms with Crippen molar-refractivity contribution in [1.82, 2.24) is 4.90 Å². The maximum Gasteiger partial charge on any atom is 0.415 e. The standard InChI is InChI=1S/C52H55N3O10/c1-3-29-61-52-48(54(2)51(58)64-40-23-20-39(21-24-40)55(59)60)33-46(53-62-34-35-13-5-4-6-14-35)44-31-38(17-9-11-27-56)43(18-10-12-28-57)49(50(44)52)45-32-42(25-26-47(45)65-52)63-41-22-19-36-15-7-8-16-37(36)30-41/h3-8,13-16,19-26,30-32,38,43,48-50,56-57H,1,9-12,17-18,27-29,33-34H2,2H3/t38-,43+,48-,49+,50+,52+/m0/s1. The number of oxime groups is 1. The van der Waals surface area contributed by atoms with Crippen LogP contribution in [0, 0.1) is 27.9 Å². The lowest BCUT2D eigenvalue weighted by Gasteiger charge is -2.59.